The molecule has 274 valence electrons. The molecule has 1 aromatic carbocycles. The van der Waals surface area contributed by atoms with Gasteiger partial charge in [-0.1, -0.05) is 55.8 Å². The Morgan fingerprint density at radius 2 is 1.75 bits per heavy atom. The van der Waals surface area contributed by atoms with Gasteiger partial charge in [0.1, 0.15) is 6.04 Å². The molecule has 4 N–H and O–H groups in total. The lowest BCUT2D eigenvalue weighted by atomic mass is 9.84. The van der Waals surface area contributed by atoms with Crippen molar-refractivity contribution in [1.29, 1.82) is 0 Å². The number of amides is 3. The van der Waals surface area contributed by atoms with Crippen molar-refractivity contribution in [1.82, 2.24) is 19.8 Å². The van der Waals surface area contributed by atoms with Crippen molar-refractivity contribution in [3.8, 4) is 0 Å². The van der Waals surface area contributed by atoms with E-state index in [-0.39, 0.29) is 63.8 Å². The molecule has 1 fully saturated rings. The van der Waals surface area contributed by atoms with Gasteiger partial charge in [-0.2, -0.15) is 0 Å². The van der Waals surface area contributed by atoms with Gasteiger partial charge in [0.2, 0.25) is 21.8 Å². The molecule has 48 heavy (non-hydrogen) atoms. The first-order valence-electron chi connectivity index (χ1n) is 16.5. The van der Waals surface area contributed by atoms with Gasteiger partial charge in [0.15, 0.2) is 5.85 Å². The Morgan fingerprint density at radius 1 is 1.10 bits per heavy atom. The van der Waals surface area contributed by atoms with E-state index in [4.69, 9.17) is 20.6 Å². The van der Waals surface area contributed by atoms with Crippen LogP contribution in [0.1, 0.15) is 77.7 Å². The van der Waals surface area contributed by atoms with Crippen molar-refractivity contribution in [3.05, 3.63) is 34.9 Å². The van der Waals surface area contributed by atoms with Crippen LogP contribution in [0.4, 0.5) is 4.79 Å². The second-order valence-corrected chi connectivity index (χ2v) is 16.5. The second-order valence-electron chi connectivity index (χ2n) is 11.9. The minimum atomic E-state index is -4.22. The number of aliphatic hydroxyl groups is 1. The van der Waals surface area contributed by atoms with Crippen LogP contribution in [-0.2, 0) is 39.8 Å². The number of nitrogens with zero attached hydrogens (tertiary/aromatic N) is 2. The number of benzene rings is 1. The van der Waals surface area contributed by atoms with E-state index in [0.717, 1.165) is 37.0 Å². The van der Waals surface area contributed by atoms with Crippen LogP contribution in [0.25, 0.3) is 0 Å². The third kappa shape index (κ3) is 13.6. The van der Waals surface area contributed by atoms with Crippen molar-refractivity contribution >= 4 is 47.1 Å². The molecule has 0 aromatic heterocycles. The molecule has 0 heterocycles. The number of likely N-dealkylation sites (N-methyl/N-ethyl adjacent to an activating group) is 1. The van der Waals surface area contributed by atoms with Gasteiger partial charge < -0.3 is 29.5 Å². The summed E-state index contributed by atoms with van der Waals surface area (Å²) in [5, 5.41) is 24.8. The average molecular weight is 739 g/mol. The van der Waals surface area contributed by atoms with Crippen LogP contribution in [0.15, 0.2) is 24.3 Å². The monoisotopic (exact) mass is 738 g/mol. The van der Waals surface area contributed by atoms with Crippen molar-refractivity contribution in [3.63, 3.8) is 0 Å². The van der Waals surface area contributed by atoms with E-state index in [9.17, 15) is 37.6 Å². The van der Waals surface area contributed by atoms with Crippen LogP contribution in [0.5, 0.6) is 0 Å². The van der Waals surface area contributed by atoms with Crippen molar-refractivity contribution in [2.24, 2.45) is 5.92 Å². The minimum Gasteiger partial charge on any atom is -0.465 e. The fourth-order valence-electron chi connectivity index (χ4n) is 5.67. The van der Waals surface area contributed by atoms with Crippen LogP contribution >= 0.6 is 19.2 Å². The van der Waals surface area contributed by atoms with E-state index in [2.05, 4.69) is 10.0 Å². The molecule has 1 saturated carbocycles. The maximum Gasteiger partial charge on any atom is 0.408 e. The third-order valence-corrected chi connectivity index (χ3v) is 12.2. The largest absolute Gasteiger partial charge is 0.465 e. The highest BCUT2D eigenvalue weighted by Gasteiger charge is 2.42. The van der Waals surface area contributed by atoms with Gasteiger partial charge in [0.25, 0.3) is 0 Å². The number of nitrogens with one attached hydrogen (secondary N) is 2. The Morgan fingerprint density at radius 3 is 2.31 bits per heavy atom. The zero-order chi connectivity index (χ0) is 35.9. The van der Waals surface area contributed by atoms with Gasteiger partial charge in [0, 0.05) is 38.1 Å². The van der Waals surface area contributed by atoms with Crippen LogP contribution in [0, 0.1) is 5.92 Å². The quantitative estimate of drug-likeness (QED) is 0.131. The van der Waals surface area contributed by atoms with Crippen LogP contribution in [0.2, 0.25) is 5.02 Å². The van der Waals surface area contributed by atoms with Gasteiger partial charge in [-0.25, -0.2) is 17.9 Å². The maximum atomic E-state index is 14.1. The van der Waals surface area contributed by atoms with Crippen molar-refractivity contribution < 1.29 is 46.6 Å². The summed E-state index contributed by atoms with van der Waals surface area (Å²) >= 11 is 6.16. The Kier molecular flexibility index (Phi) is 17.8. The summed E-state index contributed by atoms with van der Waals surface area (Å²) in [6.07, 6.45) is 3.13. The predicted octanol–water partition coefficient (Wildman–Crippen LogP) is 4.41. The summed E-state index contributed by atoms with van der Waals surface area (Å²) in [6.45, 7) is 4.42. The number of aliphatic hydroxyl groups excluding tert-OH is 1. The van der Waals surface area contributed by atoms with Crippen molar-refractivity contribution in [2.45, 2.75) is 96.6 Å². The van der Waals surface area contributed by atoms with E-state index in [1.807, 2.05) is 0 Å². The molecular weight excluding hydrogens is 687 g/mol. The molecule has 2 rings (SSSR count). The summed E-state index contributed by atoms with van der Waals surface area (Å²) in [6, 6.07) is 4.17. The van der Waals surface area contributed by atoms with Crippen LogP contribution in [0.3, 0.4) is 0 Å². The molecule has 0 aliphatic heterocycles. The first kappa shape index (κ1) is 41.9. The fourth-order valence-corrected chi connectivity index (χ4v) is 8.25. The highest BCUT2D eigenvalue weighted by atomic mass is 35.5. The zero-order valence-corrected chi connectivity index (χ0v) is 30.8. The maximum absolute atomic E-state index is 14.1. The van der Waals surface area contributed by atoms with Gasteiger partial charge >= 0.3 is 13.7 Å². The van der Waals surface area contributed by atoms with E-state index in [1.54, 1.807) is 38.1 Å². The standard InChI is InChI=1S/C31H52ClN4O10PS/c1-5-45-47(42,46-6-2)30(39)26(16-17-28(37)35(4)19-18-33-48(43,44)7-3)34-29(38)27(21-23-12-9-8-10-13-23)36(31(40)41)22-24-14-11-15-25(32)20-24/h11,14-15,20,23,26-27,30,33,39H,5-10,12-13,16-19,21-22H2,1-4H3,(H,34,38)(H,40,41). The number of carbonyl (C=O) groups excluding carboxylic acids is 2. The second kappa shape index (κ2) is 20.4. The van der Waals surface area contributed by atoms with E-state index in [1.165, 1.54) is 18.9 Å². The molecule has 0 radical (unpaired) electrons. The van der Waals surface area contributed by atoms with Gasteiger partial charge in [-0.05, 0) is 57.2 Å². The zero-order valence-electron chi connectivity index (χ0n) is 28.3. The van der Waals surface area contributed by atoms with Gasteiger partial charge in [-0.3, -0.25) is 19.1 Å². The molecule has 14 nitrogen and oxygen atoms in total. The molecule has 17 heteroatoms. The Hall–Kier alpha value is -2.26. The average Bonchev–Trinajstić information content (AvgIpc) is 3.04. The lowest BCUT2D eigenvalue weighted by molar-refractivity contribution is -0.131. The van der Waals surface area contributed by atoms with Gasteiger partial charge in [0.05, 0.1) is 25.0 Å². The van der Waals surface area contributed by atoms with Crippen LogP contribution in [-0.4, -0.2) is 103 Å². The molecule has 0 spiro atoms. The third-order valence-electron chi connectivity index (χ3n) is 8.32. The SMILES string of the molecule is CCOP(=O)(OCC)C(O)C(CCC(=O)N(C)CCNS(=O)(=O)CC)NC(=O)C(CC1CCCCC1)N(Cc1cccc(Cl)c1)C(=O)O. The molecule has 3 atom stereocenters. The highest BCUT2D eigenvalue weighted by Crippen LogP contribution is 2.53. The first-order valence-corrected chi connectivity index (χ1v) is 20.1. The van der Waals surface area contributed by atoms with E-state index >= 15 is 0 Å². The predicted molar refractivity (Wildman–Crippen MR) is 183 cm³/mol. The summed E-state index contributed by atoms with van der Waals surface area (Å²) in [5.74, 6) is -3.05. The number of halogens is 1. The van der Waals surface area contributed by atoms with E-state index < -0.39 is 53.5 Å². The normalized spacial score (nSPS) is 16.1. The van der Waals surface area contributed by atoms with Crippen molar-refractivity contribution in [2.75, 3.05) is 39.1 Å². The molecular formula is C31H52ClN4O10PS. The fraction of sp³-hybridized carbons (Fsp3) is 0.710. The number of carboxylic acid groups (broad SMARTS) is 1. The summed E-state index contributed by atoms with van der Waals surface area (Å²) in [4.78, 5) is 42.2. The first-order chi connectivity index (χ1) is 22.7. The lowest BCUT2D eigenvalue weighted by Gasteiger charge is -2.35. The number of carbonyl (C=O) groups is 3. The number of hydrogen-bond donors (Lipinski definition) is 4. The molecule has 3 amide bonds. The Labute approximate surface area is 289 Å². The lowest BCUT2D eigenvalue weighted by Crippen LogP contribution is -2.54. The minimum absolute atomic E-state index is 0.00835. The number of sulfonamides is 1. The smallest absolute Gasteiger partial charge is 0.408 e. The molecule has 1 aliphatic rings. The highest BCUT2D eigenvalue weighted by molar-refractivity contribution is 7.89. The topological polar surface area (TPSA) is 192 Å². The Balaban J connectivity index is 2.38. The molecule has 1 aromatic rings. The van der Waals surface area contributed by atoms with Crippen LogP contribution < -0.4 is 10.0 Å². The summed E-state index contributed by atoms with van der Waals surface area (Å²) in [7, 11) is -6.19. The number of hydrogen-bond acceptors (Lipinski definition) is 9. The molecule has 1 aliphatic carbocycles. The molecule has 0 bridgehead atoms. The van der Waals surface area contributed by atoms with Gasteiger partial charge in [-0.15, -0.1) is 0 Å². The number of rotatable bonds is 21. The summed E-state index contributed by atoms with van der Waals surface area (Å²) in [5.41, 5.74) is 0.579. The molecule has 3 unspecified atom stereocenters. The Bertz CT molecular complexity index is 1340. The van der Waals surface area contributed by atoms with E-state index in [0.29, 0.717) is 10.6 Å². The molecule has 0 saturated heterocycles. The summed E-state index contributed by atoms with van der Waals surface area (Å²) < 4.78 is 50.3.